The van der Waals surface area contributed by atoms with E-state index in [1.54, 1.807) is 20.0 Å². The van der Waals surface area contributed by atoms with Crippen molar-refractivity contribution in [1.29, 1.82) is 0 Å². The molecule has 9 heteroatoms. The highest BCUT2D eigenvalue weighted by Gasteiger charge is 2.33. The van der Waals surface area contributed by atoms with E-state index in [1.807, 2.05) is 60.7 Å². The van der Waals surface area contributed by atoms with Crippen LogP contribution in [0.25, 0.3) is 10.9 Å². The summed E-state index contributed by atoms with van der Waals surface area (Å²) < 4.78 is 37.0. The molecule has 2 atom stereocenters. The Morgan fingerprint density at radius 3 is 2.29 bits per heavy atom. The van der Waals surface area contributed by atoms with E-state index >= 15 is 0 Å². The van der Waals surface area contributed by atoms with Crippen molar-refractivity contribution in [3.05, 3.63) is 78.0 Å². The van der Waals surface area contributed by atoms with Crippen LogP contribution < -0.4 is 5.32 Å². The van der Waals surface area contributed by atoms with Gasteiger partial charge in [0.05, 0.1) is 24.9 Å². The third-order valence-electron chi connectivity index (χ3n) is 5.77. The van der Waals surface area contributed by atoms with Gasteiger partial charge in [-0.1, -0.05) is 61.0 Å². The third kappa shape index (κ3) is 8.08. The van der Waals surface area contributed by atoms with Crippen LogP contribution in [0.3, 0.4) is 0 Å². The zero-order valence-electron chi connectivity index (χ0n) is 20.5. The number of fused-ring (bicyclic) bond motifs is 1. The fourth-order valence-electron chi connectivity index (χ4n) is 4.14. The molecule has 0 spiro atoms. The molecule has 0 aliphatic rings. The molecular formula is C26H36N2O5P2. The topological polar surface area (TPSA) is 97.8 Å². The maximum absolute atomic E-state index is 13.7. The number of hydrogen-bond acceptors (Lipinski definition) is 6. The molecule has 0 saturated carbocycles. The molecule has 0 bridgehead atoms. The summed E-state index contributed by atoms with van der Waals surface area (Å²) in [4.78, 5) is 15.8. The van der Waals surface area contributed by atoms with Gasteiger partial charge in [-0.3, -0.25) is 19.4 Å². The molecule has 3 aromatic rings. The molecule has 7 nitrogen and oxygen atoms in total. The Hall–Kier alpha value is -1.85. The number of nitrogens with zero attached hydrogens (tertiary/aromatic N) is 1. The van der Waals surface area contributed by atoms with Gasteiger partial charge in [-0.25, -0.2) is 0 Å². The standard InChI is InChI=1S/C26H36N2O5P2/c1-3-32-35(31,33-4-2)20-10-6-9-19-34(29,30)26(28-21-22-13-7-5-8-14-22)24-17-11-15-23-16-12-18-27-25(23)24/h5,7-8,11-18,26,28H,3-4,6,9-10,19-21H2,1-2H3,(H,29,30). The van der Waals surface area contributed by atoms with Crippen molar-refractivity contribution < 1.29 is 23.1 Å². The number of rotatable bonds is 15. The predicted molar refractivity (Wildman–Crippen MR) is 142 cm³/mol. The molecule has 0 fully saturated rings. The van der Waals surface area contributed by atoms with Crippen molar-refractivity contribution in [3.8, 4) is 0 Å². The molecule has 1 heterocycles. The van der Waals surface area contributed by atoms with Gasteiger partial charge in [0.2, 0.25) is 7.37 Å². The SMILES string of the molecule is CCOP(=O)(CCCCCP(=O)(O)C(NCc1ccccc1)c1cccc2cccnc12)OCC. The second-order valence-electron chi connectivity index (χ2n) is 8.40. The number of nitrogens with one attached hydrogen (secondary N) is 1. The zero-order valence-corrected chi connectivity index (χ0v) is 22.3. The Balaban J connectivity index is 1.72. The van der Waals surface area contributed by atoms with Gasteiger partial charge in [-0.05, 0) is 38.3 Å². The van der Waals surface area contributed by atoms with Gasteiger partial charge in [0.15, 0.2) is 0 Å². The number of para-hydroxylation sites is 1. The van der Waals surface area contributed by atoms with E-state index < -0.39 is 20.7 Å². The zero-order chi connectivity index (χ0) is 25.2. The van der Waals surface area contributed by atoms with E-state index in [0.29, 0.717) is 45.2 Å². The van der Waals surface area contributed by atoms with E-state index in [2.05, 4.69) is 10.3 Å². The molecule has 2 unspecified atom stereocenters. The third-order valence-corrected chi connectivity index (χ3v) is 10.2. The highest BCUT2D eigenvalue weighted by atomic mass is 31.2. The van der Waals surface area contributed by atoms with Crippen molar-refractivity contribution in [2.75, 3.05) is 25.5 Å². The second kappa shape index (κ2) is 13.5. The largest absolute Gasteiger partial charge is 0.343 e. The van der Waals surface area contributed by atoms with E-state index in [1.165, 1.54) is 0 Å². The smallest absolute Gasteiger partial charge is 0.330 e. The minimum Gasteiger partial charge on any atom is -0.343 e. The average Bonchev–Trinajstić information content (AvgIpc) is 2.85. The Bertz CT molecular complexity index is 1140. The summed E-state index contributed by atoms with van der Waals surface area (Å²) in [5.74, 6) is -0.751. The molecule has 2 aromatic carbocycles. The van der Waals surface area contributed by atoms with E-state index in [0.717, 1.165) is 22.0 Å². The summed E-state index contributed by atoms with van der Waals surface area (Å²) in [7, 11) is -6.75. The van der Waals surface area contributed by atoms with Crippen LogP contribution in [0.4, 0.5) is 0 Å². The number of hydrogen-bond donors (Lipinski definition) is 2. The van der Waals surface area contributed by atoms with Crippen molar-refractivity contribution in [2.24, 2.45) is 0 Å². The molecule has 35 heavy (non-hydrogen) atoms. The predicted octanol–water partition coefficient (Wildman–Crippen LogP) is 6.73. The van der Waals surface area contributed by atoms with Crippen LogP contribution in [0.5, 0.6) is 0 Å². The van der Waals surface area contributed by atoms with Gasteiger partial charge in [0.1, 0.15) is 5.78 Å². The summed E-state index contributed by atoms with van der Waals surface area (Å²) in [5, 5.41) is 4.28. The molecule has 0 amide bonds. The number of aromatic nitrogens is 1. The van der Waals surface area contributed by atoms with Crippen LogP contribution in [0.2, 0.25) is 0 Å². The monoisotopic (exact) mass is 518 g/mol. The molecule has 0 saturated heterocycles. The summed E-state index contributed by atoms with van der Waals surface area (Å²) in [6.45, 7) is 4.70. The van der Waals surface area contributed by atoms with Crippen LogP contribution in [0.1, 0.15) is 50.0 Å². The molecular weight excluding hydrogens is 482 g/mol. The normalized spacial score (nSPS) is 14.6. The minimum atomic E-state index is -3.65. The Labute approximate surface area is 208 Å². The lowest BCUT2D eigenvalue weighted by atomic mass is 10.1. The molecule has 2 N–H and O–H groups in total. The molecule has 0 radical (unpaired) electrons. The molecule has 1 aromatic heterocycles. The van der Waals surface area contributed by atoms with Gasteiger partial charge in [-0.2, -0.15) is 0 Å². The van der Waals surface area contributed by atoms with Gasteiger partial charge >= 0.3 is 7.60 Å². The average molecular weight is 519 g/mol. The summed E-state index contributed by atoms with van der Waals surface area (Å²) in [5.41, 5.74) is 2.49. The molecule has 3 rings (SSSR count). The number of benzene rings is 2. The maximum Gasteiger partial charge on any atom is 0.330 e. The fraction of sp³-hybridized carbons (Fsp3) is 0.423. The Morgan fingerprint density at radius 1 is 0.886 bits per heavy atom. The summed E-state index contributed by atoms with van der Waals surface area (Å²) >= 11 is 0. The lowest BCUT2D eigenvalue weighted by molar-refractivity contribution is 0.219. The Morgan fingerprint density at radius 2 is 1.57 bits per heavy atom. The first-order valence-corrected chi connectivity index (χ1v) is 15.8. The highest BCUT2D eigenvalue weighted by Crippen LogP contribution is 2.56. The molecule has 190 valence electrons. The first kappa shape index (κ1) is 27.7. The van der Waals surface area contributed by atoms with Gasteiger partial charge in [0.25, 0.3) is 0 Å². The Kier molecular flexibility index (Phi) is 10.7. The maximum atomic E-state index is 13.7. The quantitative estimate of drug-likeness (QED) is 0.170. The van der Waals surface area contributed by atoms with Crippen LogP contribution in [0, 0.1) is 0 Å². The number of pyridine rings is 1. The minimum absolute atomic E-state index is 0.149. The summed E-state index contributed by atoms with van der Waals surface area (Å²) in [6.07, 6.45) is 3.97. The van der Waals surface area contributed by atoms with Crippen LogP contribution in [-0.4, -0.2) is 35.4 Å². The van der Waals surface area contributed by atoms with Gasteiger partial charge in [0, 0.05) is 29.9 Å². The second-order valence-corrected chi connectivity index (χ2v) is 13.1. The first-order valence-electron chi connectivity index (χ1n) is 12.2. The van der Waals surface area contributed by atoms with Crippen molar-refractivity contribution >= 4 is 25.9 Å². The summed E-state index contributed by atoms with van der Waals surface area (Å²) in [6, 6.07) is 19.4. The van der Waals surface area contributed by atoms with Gasteiger partial charge in [-0.15, -0.1) is 0 Å². The van der Waals surface area contributed by atoms with E-state index in [-0.39, 0.29) is 6.16 Å². The molecule has 0 aliphatic carbocycles. The fourth-order valence-corrected chi connectivity index (χ4v) is 7.82. The molecule has 0 aliphatic heterocycles. The lowest BCUT2D eigenvalue weighted by Gasteiger charge is -2.26. The van der Waals surface area contributed by atoms with Crippen molar-refractivity contribution in [2.45, 2.75) is 45.4 Å². The van der Waals surface area contributed by atoms with Crippen LogP contribution in [0.15, 0.2) is 66.9 Å². The highest BCUT2D eigenvalue weighted by molar-refractivity contribution is 7.58. The van der Waals surface area contributed by atoms with Crippen molar-refractivity contribution in [3.63, 3.8) is 0 Å². The van der Waals surface area contributed by atoms with Crippen LogP contribution >= 0.6 is 15.0 Å². The van der Waals surface area contributed by atoms with Crippen LogP contribution in [-0.2, 0) is 24.7 Å². The van der Waals surface area contributed by atoms with Crippen molar-refractivity contribution in [1.82, 2.24) is 10.3 Å². The van der Waals surface area contributed by atoms with E-state index in [4.69, 9.17) is 9.05 Å². The first-order chi connectivity index (χ1) is 16.9. The van der Waals surface area contributed by atoms with E-state index in [9.17, 15) is 14.0 Å². The lowest BCUT2D eigenvalue weighted by Crippen LogP contribution is -2.22. The van der Waals surface area contributed by atoms with Gasteiger partial charge < -0.3 is 13.9 Å². The number of unbranched alkanes of at least 4 members (excludes halogenated alkanes) is 2.